The highest BCUT2D eigenvalue weighted by atomic mass is 16.5. The minimum atomic E-state index is -0.426. The lowest BCUT2D eigenvalue weighted by Crippen LogP contribution is -2.17. The highest BCUT2D eigenvalue weighted by Gasteiger charge is 2.09. The highest BCUT2D eigenvalue weighted by Crippen LogP contribution is 2.14. The van der Waals surface area contributed by atoms with Crippen LogP contribution in [0.5, 0.6) is 0 Å². The van der Waals surface area contributed by atoms with E-state index in [0.29, 0.717) is 35.4 Å². The lowest BCUT2D eigenvalue weighted by atomic mass is 10.1. The first-order chi connectivity index (χ1) is 16.5. The number of fused-ring (bicyclic) bond motifs is 1. The third-order valence-electron chi connectivity index (χ3n) is 5.14. The second-order valence-corrected chi connectivity index (χ2v) is 7.54. The van der Waals surface area contributed by atoms with Crippen LogP contribution >= 0.6 is 0 Å². The van der Waals surface area contributed by atoms with E-state index in [2.05, 4.69) is 17.2 Å². The van der Waals surface area contributed by atoms with E-state index in [-0.39, 0.29) is 12.3 Å². The molecule has 170 valence electrons. The fourth-order valence-electron chi connectivity index (χ4n) is 3.51. The summed E-state index contributed by atoms with van der Waals surface area (Å²) in [6, 6.07) is 21.3. The lowest BCUT2D eigenvalue weighted by Gasteiger charge is -2.06. The number of ether oxygens (including phenoxy) is 1. The number of benzene rings is 3. The van der Waals surface area contributed by atoms with Crippen LogP contribution in [0.25, 0.3) is 11.1 Å². The second kappa shape index (κ2) is 10.4. The molecule has 3 aromatic carbocycles. The number of hydrogen-bond donors (Lipinski definition) is 1. The summed E-state index contributed by atoms with van der Waals surface area (Å²) < 4.78 is 11.5. The number of hydrogen-bond acceptors (Lipinski definition) is 5. The Morgan fingerprint density at radius 1 is 0.971 bits per heavy atom. The molecule has 0 aliphatic carbocycles. The molecule has 0 aliphatic heterocycles. The standard InChI is InChI=1S/C27H22N2O5/c1-33-26(31)21-9-4-7-19(17-21)14-15-20-8-5-10-22(18-20)28-25(30)13-6-16-29-23-11-2-3-12-24(23)34-27(29)32/h2-5,7-12,17-18H,6,13,16H2,1H3,(H,28,30). The first-order valence-corrected chi connectivity index (χ1v) is 10.7. The van der Waals surface area contributed by atoms with Gasteiger partial charge >= 0.3 is 11.7 Å². The molecule has 4 aromatic rings. The number of methoxy groups -OCH3 is 1. The third kappa shape index (κ3) is 5.43. The highest BCUT2D eigenvalue weighted by molar-refractivity contribution is 5.91. The first kappa shape index (κ1) is 22.6. The van der Waals surface area contributed by atoms with Gasteiger partial charge in [-0.15, -0.1) is 0 Å². The van der Waals surface area contributed by atoms with Gasteiger partial charge in [0.25, 0.3) is 0 Å². The maximum absolute atomic E-state index is 12.4. The van der Waals surface area contributed by atoms with Gasteiger partial charge < -0.3 is 14.5 Å². The predicted molar refractivity (Wildman–Crippen MR) is 129 cm³/mol. The van der Waals surface area contributed by atoms with Crippen LogP contribution in [0.15, 0.2) is 82.0 Å². The molecule has 7 nitrogen and oxygen atoms in total. The van der Waals surface area contributed by atoms with Gasteiger partial charge in [-0.3, -0.25) is 9.36 Å². The largest absolute Gasteiger partial charge is 0.465 e. The predicted octanol–water partition coefficient (Wildman–Crippen LogP) is 4.20. The van der Waals surface area contributed by atoms with E-state index in [0.717, 1.165) is 11.1 Å². The van der Waals surface area contributed by atoms with Crippen molar-refractivity contribution < 1.29 is 18.7 Å². The van der Waals surface area contributed by atoms with Gasteiger partial charge in [-0.2, -0.15) is 0 Å². The Kier molecular flexibility index (Phi) is 6.89. The Bertz CT molecular complexity index is 1470. The molecule has 1 heterocycles. The van der Waals surface area contributed by atoms with E-state index in [1.807, 2.05) is 24.3 Å². The van der Waals surface area contributed by atoms with Crippen LogP contribution in [0, 0.1) is 11.8 Å². The number of amides is 1. The van der Waals surface area contributed by atoms with Crippen molar-refractivity contribution in [3.8, 4) is 11.8 Å². The van der Waals surface area contributed by atoms with E-state index < -0.39 is 11.7 Å². The van der Waals surface area contributed by atoms with E-state index in [1.165, 1.54) is 11.7 Å². The minimum absolute atomic E-state index is 0.156. The maximum atomic E-state index is 12.4. The summed E-state index contributed by atoms with van der Waals surface area (Å²) in [7, 11) is 1.33. The summed E-state index contributed by atoms with van der Waals surface area (Å²) in [5, 5.41) is 2.87. The Balaban J connectivity index is 1.36. The molecule has 1 amide bonds. The number of carbonyl (C=O) groups is 2. The van der Waals surface area contributed by atoms with Crippen molar-refractivity contribution in [3.05, 3.63) is 100 Å². The molecule has 0 fully saturated rings. The Labute approximate surface area is 196 Å². The van der Waals surface area contributed by atoms with Crippen LogP contribution in [0.1, 0.15) is 34.3 Å². The van der Waals surface area contributed by atoms with Gasteiger partial charge in [0, 0.05) is 29.8 Å². The van der Waals surface area contributed by atoms with Crippen molar-refractivity contribution in [3.63, 3.8) is 0 Å². The van der Waals surface area contributed by atoms with Gasteiger partial charge in [0.1, 0.15) is 0 Å². The molecule has 0 spiro atoms. The molecule has 0 aliphatic rings. The summed E-state index contributed by atoms with van der Waals surface area (Å²) in [4.78, 5) is 36.1. The second-order valence-electron chi connectivity index (χ2n) is 7.54. The van der Waals surface area contributed by atoms with E-state index in [4.69, 9.17) is 9.15 Å². The smallest absolute Gasteiger partial charge is 0.419 e. The van der Waals surface area contributed by atoms with Crippen LogP contribution in [0.3, 0.4) is 0 Å². The number of oxazole rings is 1. The first-order valence-electron chi connectivity index (χ1n) is 10.7. The van der Waals surface area contributed by atoms with Crippen molar-refractivity contribution in [2.75, 3.05) is 12.4 Å². The van der Waals surface area contributed by atoms with Gasteiger partial charge in [-0.25, -0.2) is 9.59 Å². The van der Waals surface area contributed by atoms with Crippen LogP contribution in [0.2, 0.25) is 0 Å². The molecule has 0 atom stereocenters. The normalized spacial score (nSPS) is 10.4. The molecule has 0 radical (unpaired) electrons. The molecular weight excluding hydrogens is 432 g/mol. The quantitative estimate of drug-likeness (QED) is 0.348. The Hall–Kier alpha value is -4.57. The van der Waals surface area contributed by atoms with Crippen molar-refractivity contribution in [2.45, 2.75) is 19.4 Å². The Morgan fingerprint density at radius 3 is 2.50 bits per heavy atom. The maximum Gasteiger partial charge on any atom is 0.419 e. The summed E-state index contributed by atoms with van der Waals surface area (Å²) in [6.07, 6.45) is 0.744. The number of para-hydroxylation sites is 2. The molecule has 0 bridgehead atoms. The van der Waals surface area contributed by atoms with Crippen molar-refractivity contribution >= 4 is 28.7 Å². The molecule has 0 saturated heterocycles. The van der Waals surface area contributed by atoms with Crippen molar-refractivity contribution in [1.29, 1.82) is 0 Å². The number of esters is 1. The number of aromatic nitrogens is 1. The lowest BCUT2D eigenvalue weighted by molar-refractivity contribution is -0.116. The molecule has 34 heavy (non-hydrogen) atoms. The van der Waals surface area contributed by atoms with Gasteiger partial charge in [-0.05, 0) is 55.0 Å². The average Bonchev–Trinajstić information content (AvgIpc) is 3.17. The van der Waals surface area contributed by atoms with Crippen molar-refractivity contribution in [2.24, 2.45) is 0 Å². The fourth-order valence-corrected chi connectivity index (χ4v) is 3.51. The fraction of sp³-hybridized carbons (Fsp3) is 0.148. The van der Waals surface area contributed by atoms with E-state index in [1.54, 1.807) is 48.5 Å². The monoisotopic (exact) mass is 454 g/mol. The SMILES string of the molecule is COC(=O)c1cccc(C#Cc2cccc(NC(=O)CCCn3c(=O)oc4ccccc43)c2)c1. The number of aryl methyl sites for hydroxylation is 1. The molecule has 0 unspecified atom stereocenters. The van der Waals surface area contributed by atoms with Crippen LogP contribution in [-0.2, 0) is 16.1 Å². The van der Waals surface area contributed by atoms with Gasteiger partial charge in [0.15, 0.2) is 5.58 Å². The van der Waals surface area contributed by atoms with Crippen molar-refractivity contribution in [1.82, 2.24) is 4.57 Å². The summed E-state index contributed by atoms with van der Waals surface area (Å²) in [5.74, 6) is 5.06. The number of carbonyl (C=O) groups excluding carboxylic acids is 2. The number of nitrogens with one attached hydrogen (secondary N) is 1. The molecular formula is C27H22N2O5. The number of anilines is 1. The zero-order valence-corrected chi connectivity index (χ0v) is 18.5. The third-order valence-corrected chi connectivity index (χ3v) is 5.14. The van der Waals surface area contributed by atoms with E-state index in [9.17, 15) is 14.4 Å². The molecule has 7 heteroatoms. The molecule has 0 saturated carbocycles. The zero-order valence-electron chi connectivity index (χ0n) is 18.5. The van der Waals surface area contributed by atoms with Crippen LogP contribution in [0.4, 0.5) is 5.69 Å². The minimum Gasteiger partial charge on any atom is -0.465 e. The summed E-state index contributed by atoms with van der Waals surface area (Å²) in [6.45, 7) is 0.388. The van der Waals surface area contributed by atoms with Crippen LogP contribution < -0.4 is 11.1 Å². The summed E-state index contributed by atoms with van der Waals surface area (Å²) >= 11 is 0. The van der Waals surface area contributed by atoms with Gasteiger partial charge in [0.2, 0.25) is 5.91 Å². The molecule has 1 N–H and O–H groups in total. The molecule has 4 rings (SSSR count). The summed E-state index contributed by atoms with van der Waals surface area (Å²) in [5.41, 5.74) is 3.72. The number of rotatable bonds is 6. The number of nitrogens with zero attached hydrogens (tertiary/aromatic N) is 1. The topological polar surface area (TPSA) is 90.5 Å². The van der Waals surface area contributed by atoms with Gasteiger partial charge in [0.05, 0.1) is 18.2 Å². The van der Waals surface area contributed by atoms with Gasteiger partial charge in [-0.1, -0.05) is 36.1 Å². The van der Waals surface area contributed by atoms with E-state index >= 15 is 0 Å². The van der Waals surface area contributed by atoms with Crippen LogP contribution in [-0.4, -0.2) is 23.6 Å². The Morgan fingerprint density at radius 2 is 1.71 bits per heavy atom. The zero-order chi connectivity index (χ0) is 23.9. The molecule has 1 aromatic heterocycles. The average molecular weight is 454 g/mol.